The molecule has 0 N–H and O–H groups in total. The summed E-state index contributed by atoms with van der Waals surface area (Å²) in [5.74, 6) is 0.256. The van der Waals surface area contributed by atoms with Gasteiger partial charge in [0.2, 0.25) is 0 Å². The highest BCUT2D eigenvalue weighted by Gasteiger charge is 2.52. The highest BCUT2D eigenvalue weighted by atomic mass is 35.5. The van der Waals surface area contributed by atoms with Crippen LogP contribution in [0.2, 0.25) is 0 Å². The summed E-state index contributed by atoms with van der Waals surface area (Å²) in [6.07, 6.45) is 0.712. The fraction of sp³-hybridized carbons (Fsp3) is 0.118. The first-order valence-corrected chi connectivity index (χ1v) is 13.1. The van der Waals surface area contributed by atoms with Gasteiger partial charge < -0.3 is 0 Å². The summed E-state index contributed by atoms with van der Waals surface area (Å²) in [6.45, 7) is 3.08. The summed E-state index contributed by atoms with van der Waals surface area (Å²) in [7, 11) is 0. The molecule has 3 aliphatic carbocycles. The Morgan fingerprint density at radius 2 is 1.03 bits per heavy atom. The molecule has 0 amide bonds. The molecule has 5 aromatic carbocycles. The number of halogens is 2. The molecule has 2 bridgehead atoms. The fourth-order valence-electron chi connectivity index (χ4n) is 5.64. The van der Waals surface area contributed by atoms with E-state index in [-0.39, 0.29) is 16.9 Å². The quantitative estimate of drug-likeness (QED) is 0.114. The zero-order valence-electron chi connectivity index (χ0n) is 20.6. The lowest BCUT2D eigenvalue weighted by Crippen LogP contribution is -2.41. The number of hydrogen-bond donors (Lipinski definition) is 0. The van der Waals surface area contributed by atoms with Gasteiger partial charge in [-0.25, -0.2) is 0 Å². The van der Waals surface area contributed by atoms with E-state index < -0.39 is 4.87 Å². The van der Waals surface area contributed by atoms with E-state index in [4.69, 9.17) is 28.5 Å². The van der Waals surface area contributed by atoms with Crippen LogP contribution in [-0.4, -0.2) is 4.87 Å². The summed E-state index contributed by atoms with van der Waals surface area (Å²) in [5.41, 5.74) is 5.15. The zero-order chi connectivity index (χ0) is 26.7. The van der Waals surface area contributed by atoms with Gasteiger partial charge in [-0.2, -0.15) is 10.5 Å². The second-order valence-corrected chi connectivity index (χ2v) is 10.6. The average molecular weight is 531 g/mol. The van der Waals surface area contributed by atoms with Crippen molar-refractivity contribution in [1.29, 1.82) is 10.5 Å². The van der Waals surface area contributed by atoms with Crippen molar-refractivity contribution >= 4 is 44.7 Å². The molecule has 3 aliphatic rings. The summed E-state index contributed by atoms with van der Waals surface area (Å²) < 4.78 is 0. The van der Waals surface area contributed by atoms with E-state index in [0.29, 0.717) is 6.42 Å². The molecule has 1 unspecified atom stereocenters. The minimum atomic E-state index is -0.798. The van der Waals surface area contributed by atoms with E-state index >= 15 is 0 Å². The third kappa shape index (κ3) is 4.78. The maximum absolute atomic E-state index is 9.54. The SMILES string of the molecule is C=C(Cl)C#N.N#CC1(Cl)CC2c3ccccc3C1c1ccccc12.c1ccc2cc3ccccc3cc2c1. The molecule has 0 heterocycles. The van der Waals surface area contributed by atoms with E-state index in [1.165, 1.54) is 43.8 Å². The van der Waals surface area contributed by atoms with Crippen molar-refractivity contribution in [3.63, 3.8) is 0 Å². The van der Waals surface area contributed by atoms with Gasteiger partial charge in [0.1, 0.15) is 16.0 Å². The van der Waals surface area contributed by atoms with E-state index in [0.717, 1.165) is 0 Å². The number of benzene rings is 5. The molecular weight excluding hydrogens is 507 g/mol. The molecule has 0 radical (unpaired) electrons. The Bertz CT molecular complexity index is 1590. The van der Waals surface area contributed by atoms with Crippen LogP contribution in [0, 0.1) is 22.7 Å². The molecule has 0 aliphatic heterocycles. The Balaban J connectivity index is 0.000000136. The predicted octanol–water partition coefficient (Wildman–Crippen LogP) is 9.42. The van der Waals surface area contributed by atoms with Crippen LogP contribution in [0.1, 0.15) is 40.5 Å². The van der Waals surface area contributed by atoms with Gasteiger partial charge in [0.05, 0.1) is 6.07 Å². The Labute approximate surface area is 233 Å². The molecule has 0 saturated carbocycles. The number of hydrogen-bond acceptors (Lipinski definition) is 2. The molecule has 0 saturated heterocycles. The van der Waals surface area contributed by atoms with Crippen molar-refractivity contribution in [3.8, 4) is 12.1 Å². The van der Waals surface area contributed by atoms with E-state index in [2.05, 4.69) is 110 Å². The number of fused-ring (bicyclic) bond motifs is 3. The molecule has 5 aromatic rings. The summed E-state index contributed by atoms with van der Waals surface area (Å²) in [4.78, 5) is -0.798. The molecule has 8 rings (SSSR count). The first-order chi connectivity index (χ1) is 18.4. The maximum atomic E-state index is 9.54. The second kappa shape index (κ2) is 10.7. The first kappa shape index (κ1) is 25.6. The van der Waals surface area contributed by atoms with Crippen LogP contribution < -0.4 is 0 Å². The third-order valence-electron chi connectivity index (χ3n) is 7.24. The average Bonchev–Trinajstić information content (AvgIpc) is 2.97. The molecule has 184 valence electrons. The van der Waals surface area contributed by atoms with Crippen molar-refractivity contribution in [3.05, 3.63) is 143 Å². The molecule has 1 atom stereocenters. The Morgan fingerprint density at radius 1 is 0.684 bits per heavy atom. The van der Waals surface area contributed by atoms with Crippen LogP contribution in [0.4, 0.5) is 0 Å². The van der Waals surface area contributed by atoms with Crippen LogP contribution in [0.15, 0.2) is 121 Å². The van der Waals surface area contributed by atoms with Gasteiger partial charge in [0, 0.05) is 11.8 Å². The number of alkyl halides is 1. The lowest BCUT2D eigenvalue weighted by Gasteiger charge is -2.47. The van der Waals surface area contributed by atoms with Crippen LogP contribution >= 0.6 is 23.2 Å². The van der Waals surface area contributed by atoms with Crippen molar-refractivity contribution in [1.82, 2.24) is 0 Å². The maximum Gasteiger partial charge on any atom is 0.142 e. The molecule has 0 fully saturated rings. The van der Waals surface area contributed by atoms with Crippen LogP contribution in [-0.2, 0) is 0 Å². The van der Waals surface area contributed by atoms with Crippen LogP contribution in [0.5, 0.6) is 0 Å². The number of rotatable bonds is 0. The van der Waals surface area contributed by atoms with Crippen molar-refractivity contribution < 1.29 is 0 Å². The second-order valence-electron chi connectivity index (χ2n) is 9.49. The highest BCUT2D eigenvalue weighted by Crippen LogP contribution is 2.59. The lowest BCUT2D eigenvalue weighted by atomic mass is 9.59. The van der Waals surface area contributed by atoms with Gasteiger partial charge >= 0.3 is 0 Å². The summed E-state index contributed by atoms with van der Waals surface area (Å²) in [5, 5.41) is 22.5. The van der Waals surface area contributed by atoms with Crippen LogP contribution in [0.25, 0.3) is 21.5 Å². The van der Waals surface area contributed by atoms with Gasteiger partial charge in [-0.1, -0.05) is 115 Å². The third-order valence-corrected chi connectivity index (χ3v) is 7.79. The molecule has 38 heavy (non-hydrogen) atoms. The Morgan fingerprint density at radius 3 is 1.37 bits per heavy atom. The Kier molecular flexibility index (Phi) is 7.22. The summed E-state index contributed by atoms with van der Waals surface area (Å²) in [6, 6.07) is 42.2. The van der Waals surface area contributed by atoms with Gasteiger partial charge in [0.25, 0.3) is 0 Å². The zero-order valence-corrected chi connectivity index (χ0v) is 22.1. The molecule has 0 spiro atoms. The van der Waals surface area contributed by atoms with Crippen LogP contribution in [0.3, 0.4) is 0 Å². The molecule has 2 nitrogen and oxygen atoms in total. The largest absolute Gasteiger partial charge is 0.196 e. The van der Waals surface area contributed by atoms with E-state index in [9.17, 15) is 5.26 Å². The molecular formula is C34H24Cl2N2. The fourth-order valence-corrected chi connectivity index (χ4v) is 6.03. The smallest absolute Gasteiger partial charge is 0.142 e. The lowest BCUT2D eigenvalue weighted by molar-refractivity contribution is 0.460. The molecule has 0 aromatic heterocycles. The normalized spacial score (nSPS) is 19.9. The van der Waals surface area contributed by atoms with Crippen molar-refractivity contribution in [2.75, 3.05) is 0 Å². The topological polar surface area (TPSA) is 47.6 Å². The first-order valence-electron chi connectivity index (χ1n) is 12.3. The van der Waals surface area contributed by atoms with Gasteiger partial charge in [-0.3, -0.25) is 0 Å². The predicted molar refractivity (Wildman–Crippen MR) is 157 cm³/mol. The minimum absolute atomic E-state index is 0.00318. The minimum Gasteiger partial charge on any atom is -0.196 e. The van der Waals surface area contributed by atoms with Gasteiger partial charge in [-0.15, -0.1) is 11.6 Å². The Hall–Kier alpha value is -4.08. The van der Waals surface area contributed by atoms with Crippen molar-refractivity contribution in [2.45, 2.75) is 23.1 Å². The standard InChI is InChI=1S/C17H12ClN.C14H10.C3H2ClN/c18-17(10-19)9-15-11-5-1-3-7-13(11)16(17)14-8-4-2-6-12(14)15;1-2-6-12-10-14-8-4-3-7-13(14)9-11(12)5-1;1-3(4)2-5/h1-8,15-16H,9H2;1-10H;1H2. The van der Waals surface area contributed by atoms with E-state index in [1.54, 1.807) is 6.07 Å². The number of allylic oxidation sites excluding steroid dienone is 1. The number of nitriles is 2. The van der Waals surface area contributed by atoms with Crippen molar-refractivity contribution in [2.24, 2.45) is 0 Å². The summed E-state index contributed by atoms with van der Waals surface area (Å²) >= 11 is 11.6. The number of nitrogens with zero attached hydrogens (tertiary/aromatic N) is 2. The highest BCUT2D eigenvalue weighted by molar-refractivity contribution is 6.31. The van der Waals surface area contributed by atoms with Gasteiger partial charge in [-0.05, 0) is 62.4 Å². The molecule has 4 heteroatoms. The van der Waals surface area contributed by atoms with E-state index in [1.807, 2.05) is 12.1 Å². The monoisotopic (exact) mass is 530 g/mol. The van der Waals surface area contributed by atoms with Gasteiger partial charge in [0.15, 0.2) is 0 Å².